The Bertz CT molecular complexity index is 748. The van der Waals surface area contributed by atoms with Crippen molar-refractivity contribution in [2.24, 2.45) is 5.73 Å². The van der Waals surface area contributed by atoms with Crippen LogP contribution in [0.3, 0.4) is 0 Å². The smallest absolute Gasteiger partial charge is 0.260 e. The number of primary amides is 1. The minimum absolute atomic E-state index is 0.135. The van der Waals surface area contributed by atoms with Gasteiger partial charge < -0.3 is 15.4 Å². The predicted molar refractivity (Wildman–Crippen MR) is 93.4 cm³/mol. The minimum atomic E-state index is -0.672. The zero-order valence-electron chi connectivity index (χ0n) is 13.0. The Morgan fingerprint density at radius 2 is 1.71 bits per heavy atom. The van der Waals surface area contributed by atoms with E-state index in [9.17, 15) is 9.59 Å². The van der Waals surface area contributed by atoms with Crippen molar-refractivity contribution in [1.82, 2.24) is 4.90 Å². The van der Waals surface area contributed by atoms with E-state index in [1.165, 1.54) is 17.0 Å². The number of nitrogens with zero attached hydrogens (tertiary/aromatic N) is 1. The summed E-state index contributed by atoms with van der Waals surface area (Å²) in [5.74, 6) is -0.690. The first-order chi connectivity index (χ1) is 11.4. The van der Waals surface area contributed by atoms with E-state index in [0.29, 0.717) is 16.6 Å². The van der Waals surface area contributed by atoms with Crippen molar-refractivity contribution in [2.75, 3.05) is 13.7 Å². The van der Waals surface area contributed by atoms with Crippen LogP contribution < -0.4 is 10.5 Å². The number of benzene rings is 2. The van der Waals surface area contributed by atoms with Gasteiger partial charge in [-0.1, -0.05) is 35.3 Å². The molecule has 0 aliphatic heterocycles. The molecular formula is C17H16Cl2N2O3. The molecule has 2 aromatic carbocycles. The SMILES string of the molecule is CN(Cc1ccc(Cl)cc1)C(=O)COc1ccc(Cl)cc1C(N)=O. The summed E-state index contributed by atoms with van der Waals surface area (Å²) in [4.78, 5) is 25.1. The highest BCUT2D eigenvalue weighted by molar-refractivity contribution is 6.31. The van der Waals surface area contributed by atoms with Crippen LogP contribution >= 0.6 is 23.2 Å². The fourth-order valence-corrected chi connectivity index (χ4v) is 2.32. The van der Waals surface area contributed by atoms with E-state index in [1.807, 2.05) is 12.1 Å². The molecule has 0 unspecified atom stereocenters. The maximum Gasteiger partial charge on any atom is 0.260 e. The summed E-state index contributed by atoms with van der Waals surface area (Å²) in [5, 5.41) is 1.00. The van der Waals surface area contributed by atoms with Crippen LogP contribution in [0.5, 0.6) is 5.75 Å². The second kappa shape index (κ2) is 8.04. The molecule has 0 saturated heterocycles. The lowest BCUT2D eigenvalue weighted by molar-refractivity contribution is -0.132. The molecule has 2 amide bonds. The number of nitrogens with two attached hydrogens (primary N) is 1. The van der Waals surface area contributed by atoms with Crippen LogP contribution in [0.2, 0.25) is 10.0 Å². The summed E-state index contributed by atoms with van der Waals surface area (Å²) in [6.07, 6.45) is 0. The first kappa shape index (κ1) is 18.1. The van der Waals surface area contributed by atoms with Crippen molar-refractivity contribution in [3.63, 3.8) is 0 Å². The van der Waals surface area contributed by atoms with Crippen molar-refractivity contribution in [2.45, 2.75) is 6.54 Å². The largest absolute Gasteiger partial charge is 0.483 e. The van der Waals surface area contributed by atoms with E-state index in [1.54, 1.807) is 25.2 Å². The normalized spacial score (nSPS) is 10.3. The molecule has 2 aromatic rings. The topological polar surface area (TPSA) is 72.6 Å². The van der Waals surface area contributed by atoms with Gasteiger partial charge in [-0.15, -0.1) is 0 Å². The highest BCUT2D eigenvalue weighted by Crippen LogP contribution is 2.22. The van der Waals surface area contributed by atoms with Crippen LogP contribution in [0.1, 0.15) is 15.9 Å². The third kappa shape index (κ3) is 4.88. The van der Waals surface area contributed by atoms with Crippen LogP contribution in [0, 0.1) is 0 Å². The van der Waals surface area contributed by atoms with E-state index < -0.39 is 5.91 Å². The van der Waals surface area contributed by atoms with E-state index in [0.717, 1.165) is 5.56 Å². The Morgan fingerprint density at radius 1 is 1.08 bits per heavy atom. The van der Waals surface area contributed by atoms with Crippen molar-refractivity contribution in [3.05, 3.63) is 63.6 Å². The van der Waals surface area contributed by atoms with Gasteiger partial charge in [-0.2, -0.15) is 0 Å². The minimum Gasteiger partial charge on any atom is -0.483 e. The monoisotopic (exact) mass is 366 g/mol. The average Bonchev–Trinajstić information content (AvgIpc) is 2.55. The van der Waals surface area contributed by atoms with Crippen molar-refractivity contribution < 1.29 is 14.3 Å². The molecule has 0 aromatic heterocycles. The second-order valence-corrected chi connectivity index (χ2v) is 6.04. The predicted octanol–water partition coefficient (Wildman–Crippen LogP) is 3.13. The molecule has 2 rings (SSSR count). The molecule has 126 valence electrons. The summed E-state index contributed by atoms with van der Waals surface area (Å²) >= 11 is 11.7. The van der Waals surface area contributed by atoms with Gasteiger partial charge in [0.05, 0.1) is 5.56 Å². The van der Waals surface area contributed by atoms with Gasteiger partial charge in [0.25, 0.3) is 11.8 Å². The molecule has 2 N–H and O–H groups in total. The Morgan fingerprint density at radius 3 is 2.33 bits per heavy atom. The zero-order chi connectivity index (χ0) is 17.7. The molecule has 0 heterocycles. The van der Waals surface area contributed by atoms with E-state index in [4.69, 9.17) is 33.7 Å². The average molecular weight is 367 g/mol. The van der Waals surface area contributed by atoms with Crippen molar-refractivity contribution >= 4 is 35.0 Å². The van der Waals surface area contributed by atoms with E-state index in [2.05, 4.69) is 0 Å². The van der Waals surface area contributed by atoms with Crippen molar-refractivity contribution in [1.29, 1.82) is 0 Å². The maximum atomic E-state index is 12.2. The van der Waals surface area contributed by atoms with Gasteiger partial charge in [-0.25, -0.2) is 0 Å². The maximum absolute atomic E-state index is 12.2. The van der Waals surface area contributed by atoms with Gasteiger partial charge in [0, 0.05) is 23.6 Å². The van der Waals surface area contributed by atoms with E-state index in [-0.39, 0.29) is 23.8 Å². The molecule has 0 fully saturated rings. The quantitative estimate of drug-likeness (QED) is 0.853. The number of halogens is 2. The van der Waals surface area contributed by atoms with Gasteiger partial charge in [0.2, 0.25) is 0 Å². The fourth-order valence-electron chi connectivity index (χ4n) is 2.02. The van der Waals surface area contributed by atoms with Crippen LogP contribution in [0.4, 0.5) is 0 Å². The number of hydrogen-bond acceptors (Lipinski definition) is 3. The Balaban J connectivity index is 1.97. The summed E-state index contributed by atoms with van der Waals surface area (Å²) in [7, 11) is 1.66. The number of carbonyl (C=O) groups excluding carboxylic acids is 2. The fraction of sp³-hybridized carbons (Fsp3) is 0.176. The molecule has 0 bridgehead atoms. The van der Waals surface area contributed by atoms with E-state index >= 15 is 0 Å². The van der Waals surface area contributed by atoms with Gasteiger partial charge in [0.15, 0.2) is 6.61 Å². The summed E-state index contributed by atoms with van der Waals surface area (Å²) in [5.41, 5.74) is 6.36. The first-order valence-corrected chi connectivity index (χ1v) is 7.83. The summed E-state index contributed by atoms with van der Waals surface area (Å²) in [6.45, 7) is 0.203. The Hall–Kier alpha value is -2.24. The summed E-state index contributed by atoms with van der Waals surface area (Å²) in [6, 6.07) is 11.7. The molecule has 7 heteroatoms. The van der Waals surface area contributed by atoms with Crippen LogP contribution in [-0.4, -0.2) is 30.4 Å². The van der Waals surface area contributed by atoms with Gasteiger partial charge in [-0.3, -0.25) is 9.59 Å². The highest BCUT2D eigenvalue weighted by atomic mass is 35.5. The molecule has 0 saturated carbocycles. The standard InChI is InChI=1S/C17H16Cl2N2O3/c1-21(9-11-2-4-12(18)5-3-11)16(22)10-24-15-7-6-13(19)8-14(15)17(20)23/h2-8H,9-10H2,1H3,(H2,20,23). The molecule has 24 heavy (non-hydrogen) atoms. The Labute approximate surface area is 149 Å². The number of likely N-dealkylation sites (N-methyl/N-ethyl adjacent to an activating group) is 1. The number of rotatable bonds is 6. The van der Waals surface area contributed by atoms with Crippen molar-refractivity contribution in [3.8, 4) is 5.75 Å². The number of hydrogen-bond donors (Lipinski definition) is 1. The van der Waals surface area contributed by atoms with Crippen LogP contribution in [0.25, 0.3) is 0 Å². The molecule has 5 nitrogen and oxygen atoms in total. The highest BCUT2D eigenvalue weighted by Gasteiger charge is 2.14. The number of ether oxygens (including phenoxy) is 1. The Kier molecular flexibility index (Phi) is 6.06. The molecule has 0 spiro atoms. The molecule has 0 aliphatic carbocycles. The lowest BCUT2D eigenvalue weighted by Gasteiger charge is -2.18. The summed E-state index contributed by atoms with van der Waals surface area (Å²) < 4.78 is 5.42. The van der Waals surface area contributed by atoms with Crippen LogP contribution in [0.15, 0.2) is 42.5 Å². The molecular weight excluding hydrogens is 351 g/mol. The van der Waals surface area contributed by atoms with Gasteiger partial charge in [-0.05, 0) is 35.9 Å². The van der Waals surface area contributed by atoms with Gasteiger partial charge >= 0.3 is 0 Å². The molecule has 0 aliphatic rings. The molecule has 0 radical (unpaired) electrons. The number of amides is 2. The van der Waals surface area contributed by atoms with Gasteiger partial charge in [0.1, 0.15) is 5.75 Å². The molecule has 0 atom stereocenters. The van der Waals surface area contributed by atoms with Crippen LogP contribution in [-0.2, 0) is 11.3 Å². The third-order valence-corrected chi connectivity index (χ3v) is 3.80. The number of carbonyl (C=O) groups is 2. The lowest BCUT2D eigenvalue weighted by atomic mass is 10.2. The third-order valence-electron chi connectivity index (χ3n) is 3.32. The second-order valence-electron chi connectivity index (χ2n) is 5.17. The lowest BCUT2D eigenvalue weighted by Crippen LogP contribution is -2.31. The first-order valence-electron chi connectivity index (χ1n) is 7.07. The zero-order valence-corrected chi connectivity index (χ0v) is 14.5.